The number of nitro benzene ring substituents is 1. The van der Waals surface area contributed by atoms with Gasteiger partial charge in [-0.3, -0.25) is 14.9 Å². The molecule has 0 bridgehead atoms. The first kappa shape index (κ1) is 21.1. The summed E-state index contributed by atoms with van der Waals surface area (Å²) in [7, 11) is 0. The van der Waals surface area contributed by atoms with Crippen molar-refractivity contribution in [1.29, 1.82) is 0 Å². The fraction of sp³-hybridized carbons (Fsp3) is 0.412. The zero-order valence-electron chi connectivity index (χ0n) is 14.3. The third-order valence-corrected chi connectivity index (χ3v) is 2.45. The molecule has 7 heteroatoms. The fourth-order valence-electron chi connectivity index (χ4n) is 1.52. The number of nitrogens with zero attached hydrogens (tertiary/aromatic N) is 1. The van der Waals surface area contributed by atoms with Crippen LogP contribution in [0, 0.1) is 22.0 Å². The molecule has 0 saturated carbocycles. The van der Waals surface area contributed by atoms with Crippen molar-refractivity contribution in [3.63, 3.8) is 0 Å². The van der Waals surface area contributed by atoms with Crippen LogP contribution in [0.25, 0.3) is 0 Å². The highest BCUT2D eigenvalue weighted by Crippen LogP contribution is 2.21. The third kappa shape index (κ3) is 7.94. The van der Waals surface area contributed by atoms with Crippen LogP contribution in [-0.4, -0.2) is 23.5 Å². The van der Waals surface area contributed by atoms with Gasteiger partial charge in [-0.2, -0.15) is 0 Å². The molecule has 0 spiro atoms. The quantitative estimate of drug-likeness (QED) is 0.353. The van der Waals surface area contributed by atoms with Crippen molar-refractivity contribution < 1.29 is 24.0 Å². The fourth-order valence-corrected chi connectivity index (χ4v) is 1.52. The monoisotopic (exact) mass is 335 g/mol. The van der Waals surface area contributed by atoms with Gasteiger partial charge in [0.15, 0.2) is 0 Å². The van der Waals surface area contributed by atoms with Gasteiger partial charge in [0, 0.05) is 11.6 Å². The first-order valence-electron chi connectivity index (χ1n) is 7.49. The smallest absolute Gasteiger partial charge is 0.435 e. The predicted molar refractivity (Wildman–Crippen MR) is 88.4 cm³/mol. The minimum absolute atomic E-state index is 0.0692. The molecule has 0 unspecified atom stereocenters. The molecule has 0 aliphatic carbocycles. The van der Waals surface area contributed by atoms with Crippen LogP contribution in [0.4, 0.5) is 10.5 Å². The van der Waals surface area contributed by atoms with E-state index in [1.807, 2.05) is 13.8 Å². The molecule has 0 atom stereocenters. The van der Waals surface area contributed by atoms with E-state index in [1.54, 1.807) is 6.92 Å². The lowest BCUT2D eigenvalue weighted by molar-refractivity contribution is -0.385. The molecule has 0 saturated heterocycles. The van der Waals surface area contributed by atoms with E-state index in [9.17, 15) is 19.7 Å². The van der Waals surface area contributed by atoms with Gasteiger partial charge >= 0.3 is 6.16 Å². The van der Waals surface area contributed by atoms with Gasteiger partial charge in [-0.15, -0.1) is 0 Å². The Balaban J connectivity index is 0.00000254. The first-order chi connectivity index (χ1) is 11.4. The zero-order chi connectivity index (χ0) is 18.5. The molecule has 1 aromatic rings. The summed E-state index contributed by atoms with van der Waals surface area (Å²) in [5.74, 6) is 5.32. The maximum atomic E-state index is 11.1. The Labute approximate surface area is 141 Å². The Hall–Kier alpha value is -2.88. The van der Waals surface area contributed by atoms with E-state index in [1.165, 1.54) is 25.1 Å². The number of ketones is 1. The molecule has 130 valence electrons. The number of carbonyl (C=O) groups is 2. The molecular weight excluding hydrogens is 314 g/mol. The van der Waals surface area contributed by atoms with Crippen LogP contribution in [0.1, 0.15) is 45.2 Å². The number of rotatable bonds is 5. The van der Waals surface area contributed by atoms with Crippen molar-refractivity contribution in [2.45, 2.75) is 40.7 Å². The Bertz CT molecular complexity index is 642. The highest BCUT2D eigenvalue weighted by molar-refractivity contribution is 5.78. The molecule has 0 aromatic heterocycles. The first-order valence-corrected chi connectivity index (χ1v) is 7.49. The van der Waals surface area contributed by atoms with Crippen molar-refractivity contribution in [2.24, 2.45) is 0 Å². The second-order valence-electron chi connectivity index (χ2n) is 4.25. The van der Waals surface area contributed by atoms with Gasteiger partial charge in [0.1, 0.15) is 12.4 Å². The van der Waals surface area contributed by atoms with Crippen LogP contribution in [0.5, 0.6) is 0 Å². The summed E-state index contributed by atoms with van der Waals surface area (Å²) in [5.41, 5.74) is 0.517. The lowest BCUT2D eigenvalue weighted by Gasteiger charge is -2.06. The lowest BCUT2D eigenvalue weighted by atomic mass is 10.1. The minimum atomic E-state index is -0.898. The number of carbonyl (C=O) groups excluding carboxylic acids is 2. The van der Waals surface area contributed by atoms with Crippen LogP contribution in [0.2, 0.25) is 0 Å². The minimum Gasteiger partial charge on any atom is -0.435 e. The molecule has 1 aromatic carbocycles. The molecule has 7 nitrogen and oxygen atoms in total. The summed E-state index contributed by atoms with van der Waals surface area (Å²) in [6, 6.07) is 4.20. The van der Waals surface area contributed by atoms with E-state index in [0.29, 0.717) is 5.56 Å². The topological polar surface area (TPSA) is 95.7 Å². The molecular formula is C17H21NO6. The molecule has 0 amide bonds. The van der Waals surface area contributed by atoms with E-state index in [0.717, 1.165) is 0 Å². The van der Waals surface area contributed by atoms with E-state index in [-0.39, 0.29) is 36.7 Å². The zero-order valence-corrected chi connectivity index (χ0v) is 14.3. The number of ether oxygens (including phenoxy) is 2. The second kappa shape index (κ2) is 11.7. The molecule has 24 heavy (non-hydrogen) atoms. The van der Waals surface area contributed by atoms with Crippen LogP contribution in [0.15, 0.2) is 18.2 Å². The van der Waals surface area contributed by atoms with Gasteiger partial charge in [0.05, 0.1) is 23.5 Å². The number of hydrogen-bond donors (Lipinski definition) is 0. The van der Waals surface area contributed by atoms with Gasteiger partial charge in [0.2, 0.25) is 0 Å². The molecule has 0 fully saturated rings. The van der Waals surface area contributed by atoms with Crippen molar-refractivity contribution in [3.05, 3.63) is 39.4 Å². The lowest BCUT2D eigenvalue weighted by Crippen LogP contribution is -2.08. The largest absolute Gasteiger partial charge is 0.508 e. The maximum absolute atomic E-state index is 11.1. The van der Waals surface area contributed by atoms with Crippen molar-refractivity contribution >= 4 is 17.6 Å². The van der Waals surface area contributed by atoms with E-state index in [2.05, 4.69) is 16.6 Å². The molecule has 0 aliphatic rings. The summed E-state index contributed by atoms with van der Waals surface area (Å²) >= 11 is 0. The van der Waals surface area contributed by atoms with Gasteiger partial charge in [0.25, 0.3) is 5.69 Å². The summed E-state index contributed by atoms with van der Waals surface area (Å²) < 4.78 is 9.38. The van der Waals surface area contributed by atoms with Gasteiger partial charge < -0.3 is 9.47 Å². The number of benzene rings is 1. The summed E-state index contributed by atoms with van der Waals surface area (Å²) in [5, 5.41) is 11.0. The number of nitro groups is 1. The van der Waals surface area contributed by atoms with Crippen LogP contribution < -0.4 is 0 Å². The van der Waals surface area contributed by atoms with Gasteiger partial charge in [-0.05, 0) is 26.0 Å². The molecule has 0 heterocycles. The maximum Gasteiger partial charge on any atom is 0.508 e. The van der Waals surface area contributed by atoms with Gasteiger partial charge in [-0.25, -0.2) is 4.79 Å². The van der Waals surface area contributed by atoms with Crippen LogP contribution >= 0.6 is 0 Å². The van der Waals surface area contributed by atoms with E-state index >= 15 is 0 Å². The predicted octanol–water partition coefficient (Wildman–Crippen LogP) is 3.62. The highest BCUT2D eigenvalue weighted by atomic mass is 16.7. The summed E-state index contributed by atoms with van der Waals surface area (Å²) in [6.07, 6.45) is -0.795. The second-order valence-corrected chi connectivity index (χ2v) is 4.25. The Morgan fingerprint density at radius 3 is 2.46 bits per heavy atom. The summed E-state index contributed by atoms with van der Waals surface area (Å²) in [6.45, 7) is 6.90. The number of hydrogen-bond acceptors (Lipinski definition) is 6. The van der Waals surface area contributed by atoms with E-state index in [4.69, 9.17) is 4.74 Å². The number of Topliss-reactive ketones (excluding diaryl/α,β-unsaturated/α-hetero) is 1. The Morgan fingerprint density at radius 1 is 1.25 bits per heavy atom. The van der Waals surface area contributed by atoms with Crippen molar-refractivity contribution in [1.82, 2.24) is 0 Å². The SMILES string of the molecule is CC.CCOC(=O)OCc1cc(C#CCC(C)=O)ccc1[N+](=O)[O-]. The molecule has 1 rings (SSSR count). The van der Waals surface area contributed by atoms with Crippen molar-refractivity contribution in [2.75, 3.05) is 6.61 Å². The standard InChI is InChI=1S/C15H15NO6.C2H6/c1-3-21-15(18)22-10-13-9-12(6-4-5-11(2)17)7-8-14(13)16(19)20;1-2/h7-9H,3,5,10H2,1-2H3;1-2H3. The molecule has 0 N–H and O–H groups in total. The van der Waals surface area contributed by atoms with Crippen LogP contribution in [-0.2, 0) is 20.9 Å². The van der Waals surface area contributed by atoms with E-state index < -0.39 is 11.1 Å². The average molecular weight is 335 g/mol. The van der Waals surface area contributed by atoms with Crippen LogP contribution in [0.3, 0.4) is 0 Å². The molecule has 0 aliphatic heterocycles. The third-order valence-electron chi connectivity index (χ3n) is 2.45. The van der Waals surface area contributed by atoms with Gasteiger partial charge in [-0.1, -0.05) is 25.7 Å². The molecule has 0 radical (unpaired) electrons. The highest BCUT2D eigenvalue weighted by Gasteiger charge is 2.16. The normalized spacial score (nSPS) is 8.83. The average Bonchev–Trinajstić information content (AvgIpc) is 2.54. The van der Waals surface area contributed by atoms with Crippen molar-refractivity contribution in [3.8, 4) is 11.8 Å². The summed E-state index contributed by atoms with van der Waals surface area (Å²) in [4.78, 5) is 32.4. The Kier molecular flexibility index (Phi) is 10.3. The Morgan fingerprint density at radius 2 is 1.92 bits per heavy atom.